The van der Waals surface area contributed by atoms with E-state index >= 15 is 0 Å². The molecule has 1 heterocycles. The van der Waals surface area contributed by atoms with E-state index in [9.17, 15) is 15.0 Å². The van der Waals surface area contributed by atoms with Gasteiger partial charge >= 0.3 is 4.87 Å². The first kappa shape index (κ1) is 10.2. The number of phenols is 1. The zero-order valence-electron chi connectivity index (χ0n) is 7.73. The van der Waals surface area contributed by atoms with Gasteiger partial charge in [-0.05, 0) is 6.07 Å². The van der Waals surface area contributed by atoms with Crippen LogP contribution in [0, 0.1) is 0 Å². The summed E-state index contributed by atoms with van der Waals surface area (Å²) in [6.45, 7) is 0.0463. The smallest absolute Gasteiger partial charge is 0.305 e. The molecule has 5 nitrogen and oxygen atoms in total. The highest BCUT2D eigenvalue weighted by atomic mass is 32.1. The Hall–Kier alpha value is -1.37. The van der Waals surface area contributed by atoms with Gasteiger partial charge in [-0.3, -0.25) is 4.79 Å². The number of phenolic OH excluding ortho intramolecular Hbond substituents is 1. The molecule has 0 saturated heterocycles. The summed E-state index contributed by atoms with van der Waals surface area (Å²) >= 11 is 0.993. The van der Waals surface area contributed by atoms with E-state index < -0.39 is 6.10 Å². The summed E-state index contributed by atoms with van der Waals surface area (Å²) in [5.74, 6) is -0.000880. The van der Waals surface area contributed by atoms with Crippen molar-refractivity contribution in [1.29, 1.82) is 0 Å². The molecule has 1 unspecified atom stereocenters. The number of aliphatic hydroxyl groups is 1. The minimum Gasteiger partial charge on any atom is -0.508 e. The summed E-state index contributed by atoms with van der Waals surface area (Å²) in [6, 6.07) is 2.86. The number of H-pyrrole nitrogens is 1. The van der Waals surface area contributed by atoms with Crippen LogP contribution in [-0.2, 0) is 0 Å². The SMILES string of the molecule is NCC(O)c1cc(O)cc2[nH]c(=O)sc12. The Morgan fingerprint density at radius 3 is 2.93 bits per heavy atom. The molecule has 1 aromatic carbocycles. The van der Waals surface area contributed by atoms with Gasteiger partial charge in [0.1, 0.15) is 5.75 Å². The number of thiazole rings is 1. The third-order valence-electron chi connectivity index (χ3n) is 2.12. The van der Waals surface area contributed by atoms with Crippen LogP contribution < -0.4 is 10.6 Å². The predicted octanol–water partition coefficient (Wildman–Crippen LogP) is 0.287. The van der Waals surface area contributed by atoms with Gasteiger partial charge in [0.2, 0.25) is 0 Å². The second-order valence-corrected chi connectivity index (χ2v) is 4.16. The van der Waals surface area contributed by atoms with Crippen LogP contribution in [0.4, 0.5) is 0 Å². The van der Waals surface area contributed by atoms with Gasteiger partial charge in [-0.15, -0.1) is 0 Å². The summed E-state index contributed by atoms with van der Waals surface area (Å²) in [4.78, 5) is 13.5. The lowest BCUT2D eigenvalue weighted by Gasteiger charge is -2.09. The molecule has 0 aliphatic rings. The minimum absolute atomic E-state index is 0.000880. The van der Waals surface area contributed by atoms with E-state index in [1.807, 2.05) is 0 Å². The number of aromatic nitrogens is 1. The van der Waals surface area contributed by atoms with Crippen LogP contribution in [0.15, 0.2) is 16.9 Å². The van der Waals surface area contributed by atoms with E-state index in [0.29, 0.717) is 15.8 Å². The first-order chi connectivity index (χ1) is 7.11. The third kappa shape index (κ3) is 1.74. The molecule has 0 amide bonds. The number of aromatic amines is 1. The summed E-state index contributed by atoms with van der Waals surface area (Å²) in [5, 5.41) is 19.0. The number of rotatable bonds is 2. The molecule has 1 atom stereocenters. The highest BCUT2D eigenvalue weighted by molar-refractivity contribution is 7.16. The fourth-order valence-corrected chi connectivity index (χ4v) is 2.32. The number of fused-ring (bicyclic) bond motifs is 1. The van der Waals surface area contributed by atoms with Crippen LogP contribution >= 0.6 is 11.3 Å². The Balaban J connectivity index is 2.75. The number of nitrogens with two attached hydrogens (primary N) is 1. The first-order valence-electron chi connectivity index (χ1n) is 4.35. The fraction of sp³-hybridized carbons (Fsp3) is 0.222. The molecule has 0 spiro atoms. The maximum atomic E-state index is 11.1. The highest BCUT2D eigenvalue weighted by Crippen LogP contribution is 2.29. The first-order valence-corrected chi connectivity index (χ1v) is 5.17. The quantitative estimate of drug-likeness (QED) is 0.591. The maximum Gasteiger partial charge on any atom is 0.305 e. The van der Waals surface area contributed by atoms with Gasteiger partial charge in [0, 0.05) is 18.2 Å². The van der Waals surface area contributed by atoms with Crippen molar-refractivity contribution in [2.24, 2.45) is 5.73 Å². The largest absolute Gasteiger partial charge is 0.508 e. The Morgan fingerprint density at radius 2 is 2.27 bits per heavy atom. The molecular formula is C9H10N2O3S. The molecule has 2 rings (SSSR count). The summed E-state index contributed by atoms with van der Waals surface area (Å²) < 4.78 is 0.635. The standard InChI is InChI=1S/C9H10N2O3S/c10-3-7(13)5-1-4(12)2-6-8(5)15-9(14)11-6/h1-2,7,12-13H,3,10H2,(H,11,14). The van der Waals surface area contributed by atoms with Crippen LogP contribution in [0.2, 0.25) is 0 Å². The van der Waals surface area contributed by atoms with E-state index in [1.165, 1.54) is 12.1 Å². The van der Waals surface area contributed by atoms with Crippen LogP contribution in [0.1, 0.15) is 11.7 Å². The third-order valence-corrected chi connectivity index (χ3v) is 3.06. The Labute approximate surface area is 88.8 Å². The lowest BCUT2D eigenvalue weighted by molar-refractivity contribution is 0.188. The van der Waals surface area contributed by atoms with Crippen molar-refractivity contribution >= 4 is 21.6 Å². The molecule has 80 valence electrons. The van der Waals surface area contributed by atoms with E-state index in [4.69, 9.17) is 5.73 Å². The van der Waals surface area contributed by atoms with E-state index in [0.717, 1.165) is 11.3 Å². The van der Waals surface area contributed by atoms with Gasteiger partial charge in [-0.1, -0.05) is 11.3 Å². The molecule has 15 heavy (non-hydrogen) atoms. The van der Waals surface area contributed by atoms with Crippen molar-refractivity contribution in [2.75, 3.05) is 6.54 Å². The van der Waals surface area contributed by atoms with Gasteiger partial charge in [0.15, 0.2) is 0 Å². The second-order valence-electron chi connectivity index (χ2n) is 3.18. The monoisotopic (exact) mass is 226 g/mol. The fourth-order valence-electron chi connectivity index (χ4n) is 1.44. The number of aliphatic hydroxyl groups excluding tert-OH is 1. The van der Waals surface area contributed by atoms with Gasteiger partial charge in [0.05, 0.1) is 16.3 Å². The average Bonchev–Trinajstić information content (AvgIpc) is 2.55. The molecule has 0 saturated carbocycles. The summed E-state index contributed by atoms with van der Waals surface area (Å²) in [6.07, 6.45) is -0.869. The van der Waals surface area contributed by atoms with Crippen molar-refractivity contribution in [3.63, 3.8) is 0 Å². The van der Waals surface area contributed by atoms with E-state index in [-0.39, 0.29) is 17.2 Å². The van der Waals surface area contributed by atoms with Crippen molar-refractivity contribution in [2.45, 2.75) is 6.10 Å². The molecule has 1 aromatic heterocycles. The molecule has 0 bridgehead atoms. The van der Waals surface area contributed by atoms with Crippen LogP contribution in [-0.4, -0.2) is 21.7 Å². The number of nitrogens with one attached hydrogen (secondary N) is 1. The number of benzene rings is 1. The summed E-state index contributed by atoms with van der Waals surface area (Å²) in [5.41, 5.74) is 6.34. The minimum atomic E-state index is -0.869. The van der Waals surface area contributed by atoms with Crippen LogP contribution in [0.3, 0.4) is 0 Å². The van der Waals surface area contributed by atoms with Gasteiger partial charge in [-0.2, -0.15) is 0 Å². The van der Waals surface area contributed by atoms with E-state index in [1.54, 1.807) is 0 Å². The molecule has 0 radical (unpaired) electrons. The lowest BCUT2D eigenvalue weighted by Crippen LogP contribution is -2.11. The van der Waals surface area contributed by atoms with Crippen molar-refractivity contribution in [3.05, 3.63) is 27.4 Å². The highest BCUT2D eigenvalue weighted by Gasteiger charge is 2.13. The Kier molecular flexibility index (Phi) is 2.47. The number of hydrogen-bond acceptors (Lipinski definition) is 5. The molecule has 0 fully saturated rings. The number of hydrogen-bond donors (Lipinski definition) is 4. The zero-order valence-corrected chi connectivity index (χ0v) is 8.54. The summed E-state index contributed by atoms with van der Waals surface area (Å²) in [7, 11) is 0. The van der Waals surface area contributed by atoms with Crippen LogP contribution in [0.5, 0.6) is 5.75 Å². The van der Waals surface area contributed by atoms with Crippen LogP contribution in [0.25, 0.3) is 10.2 Å². The average molecular weight is 226 g/mol. The van der Waals surface area contributed by atoms with Crippen molar-refractivity contribution in [1.82, 2.24) is 4.98 Å². The zero-order chi connectivity index (χ0) is 11.0. The number of aromatic hydroxyl groups is 1. The molecule has 6 heteroatoms. The Bertz CT molecular complexity index is 546. The normalized spacial score (nSPS) is 13.2. The van der Waals surface area contributed by atoms with Gasteiger partial charge < -0.3 is 20.9 Å². The van der Waals surface area contributed by atoms with Crippen molar-refractivity contribution in [3.8, 4) is 5.75 Å². The lowest BCUT2D eigenvalue weighted by atomic mass is 10.1. The molecule has 2 aromatic rings. The van der Waals surface area contributed by atoms with Gasteiger partial charge in [-0.25, -0.2) is 0 Å². The molecule has 0 aliphatic carbocycles. The molecular weight excluding hydrogens is 216 g/mol. The Morgan fingerprint density at radius 1 is 1.53 bits per heavy atom. The second kappa shape index (κ2) is 3.65. The van der Waals surface area contributed by atoms with E-state index in [2.05, 4.69) is 4.98 Å². The molecule has 0 aliphatic heterocycles. The topological polar surface area (TPSA) is 99.3 Å². The van der Waals surface area contributed by atoms with Crippen molar-refractivity contribution < 1.29 is 10.2 Å². The molecule has 5 N–H and O–H groups in total. The van der Waals surface area contributed by atoms with Gasteiger partial charge in [0.25, 0.3) is 0 Å². The maximum absolute atomic E-state index is 11.1. The predicted molar refractivity (Wildman–Crippen MR) is 58.1 cm³/mol.